The van der Waals surface area contributed by atoms with Gasteiger partial charge >= 0.3 is 6.09 Å². The third kappa shape index (κ3) is 3.06. The van der Waals surface area contributed by atoms with Crippen molar-refractivity contribution in [2.45, 2.75) is 19.9 Å². The summed E-state index contributed by atoms with van der Waals surface area (Å²) in [7, 11) is 1.25. The van der Waals surface area contributed by atoms with Gasteiger partial charge in [0.05, 0.1) is 13.2 Å². The van der Waals surface area contributed by atoms with Crippen molar-refractivity contribution in [2.75, 3.05) is 7.11 Å². The molecule has 0 saturated heterocycles. The molecule has 10 heavy (non-hydrogen) atoms. The van der Waals surface area contributed by atoms with Gasteiger partial charge in [0.15, 0.2) is 5.78 Å². The number of amides is 1. The maximum absolute atomic E-state index is 10.5. The van der Waals surface area contributed by atoms with Crippen molar-refractivity contribution < 1.29 is 14.3 Å². The van der Waals surface area contributed by atoms with Crippen LogP contribution in [-0.4, -0.2) is 25.0 Å². The largest absolute Gasteiger partial charge is 0.453 e. The van der Waals surface area contributed by atoms with E-state index in [0.29, 0.717) is 0 Å². The molecule has 0 heterocycles. The molecule has 0 aliphatic rings. The Morgan fingerprint density at radius 3 is 2.30 bits per heavy atom. The maximum atomic E-state index is 10.5. The Hall–Kier alpha value is -1.06. The molecule has 0 unspecified atom stereocenters. The van der Waals surface area contributed by atoms with Crippen molar-refractivity contribution in [3.63, 3.8) is 0 Å². The van der Waals surface area contributed by atoms with E-state index in [-0.39, 0.29) is 5.78 Å². The number of carbonyl (C=O) groups excluding carboxylic acids is 2. The van der Waals surface area contributed by atoms with Gasteiger partial charge in [-0.2, -0.15) is 0 Å². The number of hydrogen-bond donors (Lipinski definition) is 1. The topological polar surface area (TPSA) is 55.4 Å². The van der Waals surface area contributed by atoms with E-state index >= 15 is 0 Å². The summed E-state index contributed by atoms with van der Waals surface area (Å²) in [4.78, 5) is 21.0. The number of methoxy groups -OCH3 is 1. The number of rotatable bonds is 2. The smallest absolute Gasteiger partial charge is 0.407 e. The van der Waals surface area contributed by atoms with Crippen LogP contribution in [0.1, 0.15) is 13.8 Å². The minimum atomic E-state index is -0.581. The molecule has 0 aromatic heterocycles. The molecule has 0 rings (SSSR count). The fourth-order valence-corrected chi connectivity index (χ4v) is 0.337. The average molecular weight is 145 g/mol. The minimum absolute atomic E-state index is 0.0922. The van der Waals surface area contributed by atoms with E-state index in [4.69, 9.17) is 0 Å². The molecule has 0 fully saturated rings. The lowest BCUT2D eigenvalue weighted by atomic mass is 10.2. The van der Waals surface area contributed by atoms with Crippen LogP contribution in [0.25, 0.3) is 0 Å². The summed E-state index contributed by atoms with van der Waals surface area (Å²) in [5.74, 6) is -0.0922. The summed E-state index contributed by atoms with van der Waals surface area (Å²) in [5, 5.41) is 2.32. The van der Waals surface area contributed by atoms with Crippen molar-refractivity contribution in [1.29, 1.82) is 0 Å². The van der Waals surface area contributed by atoms with Crippen LogP contribution < -0.4 is 5.32 Å². The third-order valence-electron chi connectivity index (χ3n) is 1.13. The van der Waals surface area contributed by atoms with Crippen LogP contribution in [0, 0.1) is 0 Å². The Bertz CT molecular complexity index is 144. The summed E-state index contributed by atoms with van der Waals surface area (Å²) in [6, 6.07) is -0.465. The van der Waals surface area contributed by atoms with Gasteiger partial charge in [-0.15, -0.1) is 0 Å². The first-order valence-electron chi connectivity index (χ1n) is 2.93. The molecular weight excluding hydrogens is 134 g/mol. The van der Waals surface area contributed by atoms with Crippen LogP contribution in [-0.2, 0) is 9.53 Å². The van der Waals surface area contributed by atoms with Crippen LogP contribution in [0.3, 0.4) is 0 Å². The Kier molecular flexibility index (Phi) is 3.46. The first kappa shape index (κ1) is 8.94. The number of ketones is 1. The second kappa shape index (κ2) is 3.87. The molecule has 0 aliphatic carbocycles. The lowest BCUT2D eigenvalue weighted by Gasteiger charge is -2.07. The quantitative estimate of drug-likeness (QED) is 0.608. The third-order valence-corrected chi connectivity index (χ3v) is 1.13. The molecule has 4 heteroatoms. The molecule has 0 aromatic rings. The summed E-state index contributed by atoms with van der Waals surface area (Å²) in [6.07, 6.45) is -0.581. The summed E-state index contributed by atoms with van der Waals surface area (Å²) in [5.41, 5.74) is 0. The predicted molar refractivity (Wildman–Crippen MR) is 35.7 cm³/mol. The van der Waals surface area contributed by atoms with Crippen molar-refractivity contribution in [3.05, 3.63) is 0 Å². The van der Waals surface area contributed by atoms with Gasteiger partial charge < -0.3 is 10.1 Å². The van der Waals surface area contributed by atoms with Gasteiger partial charge in [0.1, 0.15) is 0 Å². The summed E-state index contributed by atoms with van der Waals surface area (Å²) < 4.78 is 4.27. The van der Waals surface area contributed by atoms with Crippen molar-refractivity contribution in [1.82, 2.24) is 5.32 Å². The maximum Gasteiger partial charge on any atom is 0.407 e. The minimum Gasteiger partial charge on any atom is -0.453 e. The lowest BCUT2D eigenvalue weighted by molar-refractivity contribution is -0.118. The first-order chi connectivity index (χ1) is 4.57. The average Bonchev–Trinajstić information content (AvgIpc) is 1.87. The van der Waals surface area contributed by atoms with E-state index in [0.717, 1.165) is 0 Å². The molecule has 1 amide bonds. The monoisotopic (exact) mass is 145 g/mol. The Balaban J connectivity index is 3.68. The van der Waals surface area contributed by atoms with Crippen molar-refractivity contribution in [3.8, 4) is 0 Å². The highest BCUT2D eigenvalue weighted by Gasteiger charge is 2.09. The standard InChI is InChI=1S/C6H11NO3/c1-4(5(2)8)7-6(9)10-3/h4H,1-3H3,(H,7,9)/t4-/m1/s1. The van der Waals surface area contributed by atoms with Crippen LogP contribution in [0.5, 0.6) is 0 Å². The zero-order valence-electron chi connectivity index (χ0n) is 6.30. The predicted octanol–water partition coefficient (Wildman–Crippen LogP) is 0.320. The molecule has 0 saturated carbocycles. The molecule has 4 nitrogen and oxygen atoms in total. The highest BCUT2D eigenvalue weighted by Crippen LogP contribution is 1.83. The zero-order chi connectivity index (χ0) is 8.15. The first-order valence-corrected chi connectivity index (χ1v) is 2.93. The van der Waals surface area contributed by atoms with Gasteiger partial charge in [0.25, 0.3) is 0 Å². The fourth-order valence-electron chi connectivity index (χ4n) is 0.337. The molecule has 0 radical (unpaired) electrons. The van der Waals surface area contributed by atoms with Gasteiger partial charge in [0.2, 0.25) is 0 Å². The number of nitrogens with one attached hydrogen (secondary N) is 1. The highest BCUT2D eigenvalue weighted by molar-refractivity contribution is 5.84. The van der Waals surface area contributed by atoms with E-state index in [1.165, 1.54) is 14.0 Å². The van der Waals surface area contributed by atoms with E-state index in [1.807, 2.05) is 0 Å². The van der Waals surface area contributed by atoms with Crippen molar-refractivity contribution >= 4 is 11.9 Å². The Morgan fingerprint density at radius 1 is 1.50 bits per heavy atom. The highest BCUT2D eigenvalue weighted by atomic mass is 16.5. The Morgan fingerprint density at radius 2 is 2.00 bits per heavy atom. The van der Waals surface area contributed by atoms with Gasteiger partial charge in [0, 0.05) is 0 Å². The second-order valence-corrected chi connectivity index (χ2v) is 1.97. The SMILES string of the molecule is COC(=O)N[C@H](C)C(C)=O. The number of carbonyl (C=O) groups is 2. The Labute approximate surface area is 59.6 Å². The van der Waals surface area contributed by atoms with Gasteiger partial charge in [-0.3, -0.25) is 4.79 Å². The van der Waals surface area contributed by atoms with Gasteiger partial charge in [-0.1, -0.05) is 0 Å². The van der Waals surface area contributed by atoms with Crippen LogP contribution in [0.2, 0.25) is 0 Å². The van der Waals surface area contributed by atoms with E-state index < -0.39 is 12.1 Å². The molecule has 0 aliphatic heterocycles. The van der Waals surface area contributed by atoms with Crippen LogP contribution >= 0.6 is 0 Å². The number of hydrogen-bond acceptors (Lipinski definition) is 3. The molecule has 0 bridgehead atoms. The molecule has 58 valence electrons. The van der Waals surface area contributed by atoms with Crippen LogP contribution in [0.4, 0.5) is 4.79 Å². The number of Topliss-reactive ketones (excluding diaryl/α,β-unsaturated/α-hetero) is 1. The van der Waals surface area contributed by atoms with Gasteiger partial charge in [-0.05, 0) is 13.8 Å². The van der Waals surface area contributed by atoms with E-state index in [9.17, 15) is 9.59 Å². The molecule has 1 atom stereocenters. The fraction of sp³-hybridized carbons (Fsp3) is 0.667. The van der Waals surface area contributed by atoms with Gasteiger partial charge in [-0.25, -0.2) is 4.79 Å². The normalized spacial score (nSPS) is 11.9. The van der Waals surface area contributed by atoms with E-state index in [2.05, 4.69) is 10.1 Å². The van der Waals surface area contributed by atoms with Crippen LogP contribution in [0.15, 0.2) is 0 Å². The summed E-state index contributed by atoms with van der Waals surface area (Å²) >= 11 is 0. The number of alkyl carbamates (subject to hydrolysis) is 1. The molecule has 0 aromatic carbocycles. The lowest BCUT2D eigenvalue weighted by Crippen LogP contribution is -2.37. The van der Waals surface area contributed by atoms with E-state index in [1.54, 1.807) is 6.92 Å². The summed E-state index contributed by atoms with van der Waals surface area (Å²) in [6.45, 7) is 3.00. The molecule has 0 spiro atoms. The number of ether oxygens (including phenoxy) is 1. The molecular formula is C6H11NO3. The molecule has 1 N–H and O–H groups in total. The second-order valence-electron chi connectivity index (χ2n) is 1.97. The van der Waals surface area contributed by atoms with Crippen molar-refractivity contribution in [2.24, 2.45) is 0 Å². The zero-order valence-corrected chi connectivity index (χ0v) is 6.30.